The largest absolute Gasteiger partial charge is 0.505 e. The Labute approximate surface area is 126 Å². The lowest BCUT2D eigenvalue weighted by molar-refractivity contribution is -0.117. The van der Waals surface area contributed by atoms with E-state index in [1.54, 1.807) is 6.92 Å². The maximum atomic E-state index is 11.9. The highest BCUT2D eigenvalue weighted by Crippen LogP contribution is 2.31. The number of esters is 1. The SMILES string of the molecule is COC(=O)c1ccc(C)c(NC(=O)CCOCC(F)F)c1O. The third-order valence-electron chi connectivity index (χ3n) is 2.77. The standard InChI is InChI=1S/C14H17F2NO5/c1-8-3-4-9(14(20)21-2)13(19)12(8)17-11(18)5-6-22-7-10(15)16/h3-4,10,19H,5-7H2,1-2H3,(H,17,18). The molecule has 1 rings (SSSR count). The molecule has 2 N–H and O–H groups in total. The topological polar surface area (TPSA) is 84.9 Å². The second kappa shape index (κ2) is 8.28. The number of phenolic OH excluding ortho intramolecular Hbond substituents is 1. The van der Waals surface area contributed by atoms with E-state index in [0.29, 0.717) is 5.56 Å². The molecule has 0 fully saturated rings. The summed E-state index contributed by atoms with van der Waals surface area (Å²) in [5, 5.41) is 12.4. The molecule has 0 saturated carbocycles. The zero-order valence-corrected chi connectivity index (χ0v) is 12.2. The third-order valence-corrected chi connectivity index (χ3v) is 2.77. The molecule has 0 aliphatic heterocycles. The van der Waals surface area contributed by atoms with Crippen molar-refractivity contribution in [3.63, 3.8) is 0 Å². The van der Waals surface area contributed by atoms with Gasteiger partial charge in [-0.05, 0) is 18.6 Å². The van der Waals surface area contributed by atoms with E-state index >= 15 is 0 Å². The van der Waals surface area contributed by atoms with Crippen LogP contribution in [-0.2, 0) is 14.3 Å². The lowest BCUT2D eigenvalue weighted by atomic mass is 10.1. The average Bonchev–Trinajstić information content (AvgIpc) is 2.47. The average molecular weight is 317 g/mol. The van der Waals surface area contributed by atoms with Crippen LogP contribution in [0.4, 0.5) is 14.5 Å². The number of phenols is 1. The Morgan fingerprint density at radius 3 is 2.64 bits per heavy atom. The number of anilines is 1. The molecular weight excluding hydrogens is 300 g/mol. The van der Waals surface area contributed by atoms with Crippen molar-refractivity contribution in [3.8, 4) is 5.75 Å². The molecule has 0 spiro atoms. The van der Waals surface area contributed by atoms with Crippen LogP contribution >= 0.6 is 0 Å². The Balaban J connectivity index is 2.72. The fourth-order valence-electron chi connectivity index (χ4n) is 1.66. The van der Waals surface area contributed by atoms with Crippen molar-refractivity contribution in [2.75, 3.05) is 25.6 Å². The van der Waals surface area contributed by atoms with Crippen molar-refractivity contribution in [3.05, 3.63) is 23.3 Å². The fourth-order valence-corrected chi connectivity index (χ4v) is 1.66. The smallest absolute Gasteiger partial charge is 0.341 e. The Morgan fingerprint density at radius 2 is 2.05 bits per heavy atom. The highest BCUT2D eigenvalue weighted by molar-refractivity contribution is 5.99. The summed E-state index contributed by atoms with van der Waals surface area (Å²) in [6.07, 6.45) is -2.75. The number of aromatic hydroxyl groups is 1. The molecule has 0 heterocycles. The number of aryl methyl sites for hydroxylation is 1. The summed E-state index contributed by atoms with van der Waals surface area (Å²) >= 11 is 0. The van der Waals surface area contributed by atoms with Gasteiger partial charge in [0.2, 0.25) is 5.91 Å². The minimum atomic E-state index is -2.59. The van der Waals surface area contributed by atoms with Gasteiger partial charge in [-0.25, -0.2) is 13.6 Å². The first-order valence-corrected chi connectivity index (χ1v) is 6.43. The predicted molar refractivity (Wildman–Crippen MR) is 74.3 cm³/mol. The number of methoxy groups -OCH3 is 1. The molecule has 122 valence electrons. The maximum absolute atomic E-state index is 11.9. The predicted octanol–water partition coefficient (Wildman–Crippen LogP) is 2.10. The Hall–Kier alpha value is -2.22. The van der Waals surface area contributed by atoms with Gasteiger partial charge in [0.1, 0.15) is 12.2 Å². The Morgan fingerprint density at radius 1 is 1.36 bits per heavy atom. The quantitative estimate of drug-likeness (QED) is 0.457. The molecule has 0 saturated heterocycles. The third kappa shape index (κ3) is 4.96. The summed E-state index contributed by atoms with van der Waals surface area (Å²) in [6.45, 7) is 0.714. The number of alkyl halides is 2. The highest BCUT2D eigenvalue weighted by atomic mass is 19.3. The van der Waals surface area contributed by atoms with E-state index in [0.717, 1.165) is 0 Å². The van der Waals surface area contributed by atoms with Crippen molar-refractivity contribution in [1.29, 1.82) is 0 Å². The minimum Gasteiger partial charge on any atom is -0.505 e. The van der Waals surface area contributed by atoms with Crippen LogP contribution in [0.15, 0.2) is 12.1 Å². The number of hydrogen-bond donors (Lipinski definition) is 2. The maximum Gasteiger partial charge on any atom is 0.341 e. The summed E-state index contributed by atoms with van der Waals surface area (Å²) in [5.41, 5.74) is 0.520. The van der Waals surface area contributed by atoms with E-state index in [1.807, 2.05) is 0 Å². The monoisotopic (exact) mass is 317 g/mol. The fraction of sp³-hybridized carbons (Fsp3) is 0.429. The minimum absolute atomic E-state index is 0.0711. The summed E-state index contributed by atoms with van der Waals surface area (Å²) in [7, 11) is 1.17. The molecule has 0 radical (unpaired) electrons. The molecular formula is C14H17F2NO5. The van der Waals surface area contributed by atoms with E-state index in [1.165, 1.54) is 19.2 Å². The number of rotatable bonds is 7. The summed E-state index contributed by atoms with van der Waals surface area (Å²) in [4.78, 5) is 23.2. The molecule has 8 heteroatoms. The van der Waals surface area contributed by atoms with E-state index in [-0.39, 0.29) is 24.3 Å². The molecule has 0 aromatic heterocycles. The van der Waals surface area contributed by atoms with Crippen LogP contribution in [0.1, 0.15) is 22.3 Å². The van der Waals surface area contributed by atoms with E-state index in [2.05, 4.69) is 14.8 Å². The van der Waals surface area contributed by atoms with Gasteiger partial charge in [0.05, 0.1) is 25.8 Å². The first-order chi connectivity index (χ1) is 10.4. The molecule has 6 nitrogen and oxygen atoms in total. The van der Waals surface area contributed by atoms with Gasteiger partial charge in [0.15, 0.2) is 5.75 Å². The molecule has 22 heavy (non-hydrogen) atoms. The highest BCUT2D eigenvalue weighted by Gasteiger charge is 2.18. The van der Waals surface area contributed by atoms with Crippen molar-refractivity contribution in [2.24, 2.45) is 0 Å². The van der Waals surface area contributed by atoms with Crippen LogP contribution in [0, 0.1) is 6.92 Å². The van der Waals surface area contributed by atoms with Gasteiger partial charge in [-0.1, -0.05) is 6.07 Å². The second-order valence-corrected chi connectivity index (χ2v) is 4.41. The molecule has 1 aromatic carbocycles. The van der Waals surface area contributed by atoms with Gasteiger partial charge in [0, 0.05) is 0 Å². The summed E-state index contributed by atoms with van der Waals surface area (Å²) in [5.74, 6) is -1.68. The number of carbonyl (C=O) groups excluding carboxylic acids is 2. The summed E-state index contributed by atoms with van der Waals surface area (Å²) < 4.78 is 32.8. The van der Waals surface area contributed by atoms with E-state index in [9.17, 15) is 23.5 Å². The zero-order chi connectivity index (χ0) is 16.7. The first-order valence-electron chi connectivity index (χ1n) is 6.43. The van der Waals surface area contributed by atoms with Crippen molar-refractivity contribution in [1.82, 2.24) is 0 Å². The van der Waals surface area contributed by atoms with Crippen LogP contribution in [0.5, 0.6) is 5.75 Å². The molecule has 1 aromatic rings. The molecule has 0 atom stereocenters. The van der Waals surface area contributed by atoms with Crippen LogP contribution in [-0.4, -0.2) is 43.7 Å². The number of ether oxygens (including phenoxy) is 2. The van der Waals surface area contributed by atoms with Gasteiger partial charge in [-0.2, -0.15) is 0 Å². The van der Waals surface area contributed by atoms with E-state index in [4.69, 9.17) is 0 Å². The van der Waals surface area contributed by atoms with Crippen molar-refractivity contribution < 1.29 is 33.0 Å². The van der Waals surface area contributed by atoms with Crippen LogP contribution in [0.3, 0.4) is 0 Å². The lowest BCUT2D eigenvalue weighted by Gasteiger charge is -2.13. The van der Waals surface area contributed by atoms with Gasteiger partial charge in [0.25, 0.3) is 6.43 Å². The number of hydrogen-bond acceptors (Lipinski definition) is 5. The molecule has 0 aliphatic carbocycles. The van der Waals surface area contributed by atoms with Gasteiger partial charge in [-0.3, -0.25) is 4.79 Å². The van der Waals surface area contributed by atoms with Crippen molar-refractivity contribution in [2.45, 2.75) is 19.8 Å². The van der Waals surface area contributed by atoms with Crippen LogP contribution < -0.4 is 5.32 Å². The molecule has 0 unspecified atom stereocenters. The number of amides is 1. The molecule has 0 aliphatic rings. The van der Waals surface area contributed by atoms with Gasteiger partial charge >= 0.3 is 5.97 Å². The first kappa shape index (κ1) is 17.8. The van der Waals surface area contributed by atoms with Crippen molar-refractivity contribution >= 4 is 17.6 Å². The number of nitrogens with one attached hydrogen (secondary N) is 1. The normalized spacial score (nSPS) is 10.6. The van der Waals surface area contributed by atoms with Crippen LogP contribution in [0.25, 0.3) is 0 Å². The number of benzene rings is 1. The zero-order valence-electron chi connectivity index (χ0n) is 12.2. The lowest BCUT2D eigenvalue weighted by Crippen LogP contribution is -2.17. The molecule has 0 bridgehead atoms. The van der Waals surface area contributed by atoms with Gasteiger partial charge < -0.3 is 19.9 Å². The number of halogens is 2. The van der Waals surface area contributed by atoms with E-state index < -0.39 is 30.7 Å². The number of carbonyl (C=O) groups is 2. The van der Waals surface area contributed by atoms with Crippen LogP contribution in [0.2, 0.25) is 0 Å². The summed E-state index contributed by atoms with van der Waals surface area (Å²) in [6, 6.07) is 2.91. The van der Waals surface area contributed by atoms with Gasteiger partial charge in [-0.15, -0.1) is 0 Å². The Kier molecular flexibility index (Phi) is 6.71. The Bertz CT molecular complexity index is 548. The second-order valence-electron chi connectivity index (χ2n) is 4.41. The molecule has 1 amide bonds.